The SMILES string of the molecule is CC(=O)O.O=[N+]([O-])O.[H-].[H-].[H-].[H-].[Mg+2].[Mg+2]. The van der Waals surface area contributed by atoms with E-state index in [0.29, 0.717) is 0 Å². The summed E-state index contributed by atoms with van der Waals surface area (Å²) < 4.78 is 0. The first-order valence-electron chi connectivity index (χ1n) is 1.49. The first-order valence-corrected chi connectivity index (χ1v) is 1.49. The van der Waals surface area contributed by atoms with Crippen LogP contribution >= 0.6 is 0 Å². The Kier molecular flexibility index (Phi) is 36.1. The molecule has 0 unspecified atom stereocenters. The van der Waals surface area contributed by atoms with Gasteiger partial charge in [-0.05, 0) is 0 Å². The van der Waals surface area contributed by atoms with Crippen LogP contribution in [0.15, 0.2) is 0 Å². The van der Waals surface area contributed by atoms with Crippen molar-refractivity contribution in [2.24, 2.45) is 0 Å². The van der Waals surface area contributed by atoms with Gasteiger partial charge in [-0.15, -0.1) is 10.1 Å². The van der Waals surface area contributed by atoms with Gasteiger partial charge in [-0.25, -0.2) is 0 Å². The molecule has 0 bridgehead atoms. The Hall–Kier alpha value is 0.202. The maximum Gasteiger partial charge on any atom is 2.00 e. The van der Waals surface area contributed by atoms with Crippen LogP contribution in [-0.4, -0.2) is 67.5 Å². The second kappa shape index (κ2) is 16.1. The van der Waals surface area contributed by atoms with Crippen molar-refractivity contribution >= 4 is 52.1 Å². The molecule has 2 N–H and O–H groups in total. The standard InChI is InChI=1S/C2H4O2.2Mg.HNO3.4H/c1-2(3)4;;;2-1(3)4;;;;/h1H3,(H,3,4);;;(H,2,3,4);;;;/q;2*+2;;4*-1. The second-order valence-corrected chi connectivity index (χ2v) is 0.757. The van der Waals surface area contributed by atoms with Gasteiger partial charge in [-0.1, -0.05) is 0 Å². The molecule has 0 aromatic rings. The number of nitrogens with zero attached hydrogens (tertiary/aromatic N) is 1. The molecule has 0 saturated carbocycles. The van der Waals surface area contributed by atoms with E-state index in [1.54, 1.807) is 0 Å². The van der Waals surface area contributed by atoms with Crippen molar-refractivity contribution in [1.29, 1.82) is 0 Å². The van der Waals surface area contributed by atoms with Crippen LogP contribution in [0, 0.1) is 10.1 Å². The topological polar surface area (TPSA) is 101 Å². The minimum Gasteiger partial charge on any atom is -1.00 e. The molecule has 0 aliphatic rings. The second-order valence-electron chi connectivity index (χ2n) is 0.757. The fourth-order valence-electron chi connectivity index (χ4n) is 0. The molecule has 0 aliphatic carbocycles. The van der Waals surface area contributed by atoms with Gasteiger partial charge in [0.15, 0.2) is 0 Å². The monoisotopic (exact) mass is 175 g/mol. The quantitative estimate of drug-likeness (QED) is 0.292. The molecular weight excluding hydrogens is 167 g/mol. The molecular formula is C2H9Mg2NO5. The van der Waals surface area contributed by atoms with E-state index in [1.807, 2.05) is 0 Å². The van der Waals surface area contributed by atoms with E-state index in [2.05, 4.69) is 0 Å². The summed E-state index contributed by atoms with van der Waals surface area (Å²) in [6, 6.07) is 0. The van der Waals surface area contributed by atoms with Gasteiger partial charge in [-0.3, -0.25) is 4.79 Å². The van der Waals surface area contributed by atoms with E-state index in [-0.39, 0.29) is 51.8 Å². The zero-order valence-electron chi connectivity index (χ0n) is 9.48. The number of carboxylic acid groups (broad SMARTS) is 1. The minimum absolute atomic E-state index is 0. The molecule has 8 heteroatoms. The third-order valence-corrected chi connectivity index (χ3v) is 0. The van der Waals surface area contributed by atoms with Crippen LogP contribution in [0.5, 0.6) is 0 Å². The van der Waals surface area contributed by atoms with E-state index >= 15 is 0 Å². The first kappa shape index (κ1) is 22.5. The first-order chi connectivity index (χ1) is 3.46. The molecule has 0 fully saturated rings. The Morgan fingerprint density at radius 2 is 1.60 bits per heavy atom. The predicted octanol–water partition coefficient (Wildman–Crippen LogP) is -0.568. The molecule has 0 atom stereocenters. The van der Waals surface area contributed by atoms with Gasteiger partial charge in [-0.2, -0.15) is 0 Å². The molecule has 0 aliphatic heterocycles. The summed E-state index contributed by atoms with van der Waals surface area (Å²) in [4.78, 5) is 17.4. The van der Waals surface area contributed by atoms with Gasteiger partial charge < -0.3 is 16.0 Å². The average Bonchev–Trinajstić information content (AvgIpc) is 1.25. The number of rotatable bonds is 0. The largest absolute Gasteiger partial charge is 2.00 e. The molecule has 0 aromatic heterocycles. The van der Waals surface area contributed by atoms with Crippen molar-refractivity contribution in [2.45, 2.75) is 6.92 Å². The fraction of sp³-hybridized carbons (Fsp3) is 0.500. The molecule has 0 amide bonds. The zero-order chi connectivity index (χ0) is 7.15. The normalized spacial score (nSPS) is 4.90. The van der Waals surface area contributed by atoms with Gasteiger partial charge in [0, 0.05) is 6.92 Å². The third kappa shape index (κ3) is 10400. The Bertz CT molecular complexity index is 87.7. The van der Waals surface area contributed by atoms with Gasteiger partial charge in [0.05, 0.1) is 0 Å². The number of aliphatic carboxylic acids is 1. The van der Waals surface area contributed by atoms with Crippen molar-refractivity contribution in [3.05, 3.63) is 10.1 Å². The van der Waals surface area contributed by atoms with Crippen LogP contribution in [0.2, 0.25) is 0 Å². The summed E-state index contributed by atoms with van der Waals surface area (Å²) >= 11 is 0. The van der Waals surface area contributed by atoms with Crippen LogP contribution in [0.25, 0.3) is 0 Å². The summed E-state index contributed by atoms with van der Waals surface area (Å²) in [5, 5.41) is 21.1. The molecule has 6 nitrogen and oxygen atoms in total. The van der Waals surface area contributed by atoms with Crippen LogP contribution in [0.3, 0.4) is 0 Å². The number of hydrogen-bond acceptors (Lipinski definition) is 3. The number of hydrogen-bond donors (Lipinski definition) is 2. The van der Waals surface area contributed by atoms with E-state index in [9.17, 15) is 0 Å². The molecule has 0 saturated heterocycles. The van der Waals surface area contributed by atoms with E-state index in [1.165, 1.54) is 0 Å². The van der Waals surface area contributed by atoms with Gasteiger partial charge in [0.25, 0.3) is 11.1 Å². The zero-order valence-corrected chi connectivity index (χ0v) is 8.31. The molecule has 0 heterocycles. The Morgan fingerprint density at radius 1 is 1.60 bits per heavy atom. The van der Waals surface area contributed by atoms with Crippen molar-refractivity contribution in [2.75, 3.05) is 0 Å². The molecule has 0 spiro atoms. The summed E-state index contributed by atoms with van der Waals surface area (Å²) in [6.45, 7) is 1.08. The third-order valence-electron chi connectivity index (χ3n) is 0. The van der Waals surface area contributed by atoms with Crippen molar-refractivity contribution in [3.8, 4) is 0 Å². The van der Waals surface area contributed by atoms with Crippen LogP contribution in [-0.2, 0) is 4.79 Å². The predicted molar refractivity (Wildman–Crippen MR) is 38.0 cm³/mol. The Balaban J connectivity index is -0.00000000600. The molecule has 0 radical (unpaired) electrons. The fourth-order valence-corrected chi connectivity index (χ4v) is 0. The van der Waals surface area contributed by atoms with Gasteiger partial charge in [0.1, 0.15) is 0 Å². The molecule has 10 heavy (non-hydrogen) atoms. The van der Waals surface area contributed by atoms with E-state index < -0.39 is 11.1 Å². The smallest absolute Gasteiger partial charge is 1.00 e. The van der Waals surface area contributed by atoms with Crippen LogP contribution in [0.1, 0.15) is 12.6 Å². The maximum absolute atomic E-state index is 9.00. The van der Waals surface area contributed by atoms with Crippen molar-refractivity contribution < 1.29 is 25.9 Å². The Labute approximate surface area is 94.9 Å². The van der Waals surface area contributed by atoms with E-state index in [4.69, 9.17) is 25.2 Å². The maximum atomic E-state index is 9.00. The number of carbonyl (C=O) groups is 1. The van der Waals surface area contributed by atoms with Crippen molar-refractivity contribution in [3.63, 3.8) is 0 Å². The van der Waals surface area contributed by atoms with Gasteiger partial charge in [0.2, 0.25) is 0 Å². The summed E-state index contributed by atoms with van der Waals surface area (Å²) in [5.41, 5.74) is 0. The number of carboxylic acids is 1. The van der Waals surface area contributed by atoms with E-state index in [0.717, 1.165) is 6.92 Å². The summed E-state index contributed by atoms with van der Waals surface area (Å²) in [5.74, 6) is -0.833. The molecule has 0 aromatic carbocycles. The average molecular weight is 176 g/mol. The van der Waals surface area contributed by atoms with Crippen molar-refractivity contribution in [1.82, 2.24) is 0 Å². The minimum atomic E-state index is -1.50. The van der Waals surface area contributed by atoms with Gasteiger partial charge >= 0.3 is 46.1 Å². The summed E-state index contributed by atoms with van der Waals surface area (Å²) in [6.07, 6.45) is 0. The molecule has 0 rings (SSSR count). The van der Waals surface area contributed by atoms with Crippen LogP contribution in [0.4, 0.5) is 0 Å². The summed E-state index contributed by atoms with van der Waals surface area (Å²) in [7, 11) is 0. The van der Waals surface area contributed by atoms with Crippen LogP contribution < -0.4 is 0 Å². The molecule has 56 valence electrons. The Morgan fingerprint density at radius 3 is 1.60 bits per heavy atom.